The van der Waals surface area contributed by atoms with Gasteiger partial charge in [-0.25, -0.2) is 0 Å². The number of hydrogen-bond acceptors (Lipinski definition) is 2. The first-order valence-electron chi connectivity index (χ1n) is 5.51. The molecule has 0 radical (unpaired) electrons. The van der Waals surface area contributed by atoms with E-state index in [1.165, 1.54) is 5.56 Å². The van der Waals surface area contributed by atoms with Crippen LogP contribution in [0.4, 0.5) is 0 Å². The van der Waals surface area contributed by atoms with Crippen LogP contribution in [0, 0.1) is 5.92 Å². The average Bonchev–Trinajstić information content (AvgIpc) is 2.25. The zero-order valence-corrected chi connectivity index (χ0v) is 10.1. The topological polar surface area (TPSA) is 21.3 Å². The van der Waals surface area contributed by atoms with Crippen molar-refractivity contribution in [3.8, 4) is 5.75 Å². The lowest BCUT2D eigenvalue weighted by Gasteiger charge is -2.18. The molecule has 1 rings (SSSR count). The van der Waals surface area contributed by atoms with Crippen LogP contribution in [0.3, 0.4) is 0 Å². The minimum Gasteiger partial charge on any atom is -0.496 e. The molecule has 0 fully saturated rings. The Hall–Kier alpha value is -1.02. The molecule has 1 N–H and O–H groups in total. The summed E-state index contributed by atoms with van der Waals surface area (Å²) in [5.74, 6) is 1.63. The summed E-state index contributed by atoms with van der Waals surface area (Å²) in [4.78, 5) is 0. The number of hydrogen-bond donors (Lipinski definition) is 1. The van der Waals surface area contributed by atoms with Crippen molar-refractivity contribution in [2.24, 2.45) is 5.92 Å². The molecular formula is C13H21NO. The quantitative estimate of drug-likeness (QED) is 0.801. The Balaban J connectivity index is 2.68. The molecule has 1 atom stereocenters. The summed E-state index contributed by atoms with van der Waals surface area (Å²) in [5, 5.41) is 3.49. The molecule has 1 aromatic carbocycles. The number of methoxy groups -OCH3 is 1. The number of rotatable bonds is 5. The molecule has 0 spiro atoms. The second-order valence-corrected chi connectivity index (χ2v) is 4.27. The first kappa shape index (κ1) is 12.1. The van der Waals surface area contributed by atoms with Crippen LogP contribution < -0.4 is 10.1 Å². The van der Waals surface area contributed by atoms with E-state index in [1.54, 1.807) is 7.11 Å². The highest BCUT2D eigenvalue weighted by atomic mass is 16.5. The molecule has 2 nitrogen and oxygen atoms in total. The Morgan fingerprint density at radius 1 is 1.20 bits per heavy atom. The minimum absolute atomic E-state index is 0.337. The van der Waals surface area contributed by atoms with Crippen LogP contribution in [-0.4, -0.2) is 13.7 Å². The minimum atomic E-state index is 0.337. The van der Waals surface area contributed by atoms with Gasteiger partial charge in [-0.15, -0.1) is 0 Å². The van der Waals surface area contributed by atoms with Gasteiger partial charge in [-0.05, 0) is 25.5 Å². The number of ether oxygens (including phenoxy) is 1. The second-order valence-electron chi connectivity index (χ2n) is 4.27. The van der Waals surface area contributed by atoms with Crippen molar-refractivity contribution in [3.63, 3.8) is 0 Å². The summed E-state index contributed by atoms with van der Waals surface area (Å²) in [6, 6.07) is 8.49. The number of benzene rings is 1. The summed E-state index contributed by atoms with van der Waals surface area (Å²) in [6.07, 6.45) is 0. The third-order valence-electron chi connectivity index (χ3n) is 2.44. The summed E-state index contributed by atoms with van der Waals surface area (Å²) in [7, 11) is 1.72. The maximum Gasteiger partial charge on any atom is 0.123 e. The molecule has 0 amide bonds. The Labute approximate surface area is 92.6 Å². The van der Waals surface area contributed by atoms with E-state index in [9.17, 15) is 0 Å². The van der Waals surface area contributed by atoms with Crippen LogP contribution in [-0.2, 0) is 0 Å². The highest BCUT2D eigenvalue weighted by molar-refractivity contribution is 5.35. The van der Waals surface area contributed by atoms with Gasteiger partial charge >= 0.3 is 0 Å². The van der Waals surface area contributed by atoms with Crippen molar-refractivity contribution in [1.82, 2.24) is 5.32 Å². The molecule has 84 valence electrons. The van der Waals surface area contributed by atoms with Crippen LogP contribution in [0.2, 0.25) is 0 Å². The van der Waals surface area contributed by atoms with E-state index in [0.29, 0.717) is 12.0 Å². The van der Waals surface area contributed by atoms with E-state index in [0.717, 1.165) is 12.3 Å². The molecule has 1 aromatic rings. The molecule has 0 aromatic heterocycles. The van der Waals surface area contributed by atoms with E-state index in [2.05, 4.69) is 32.2 Å². The van der Waals surface area contributed by atoms with Gasteiger partial charge in [0.05, 0.1) is 7.11 Å². The fourth-order valence-corrected chi connectivity index (χ4v) is 1.55. The van der Waals surface area contributed by atoms with Crippen molar-refractivity contribution in [2.45, 2.75) is 26.8 Å². The predicted octanol–water partition coefficient (Wildman–Crippen LogP) is 3.00. The SMILES string of the molecule is COc1ccccc1[C@H](C)NCC(C)C. The standard InChI is InChI=1S/C13H21NO/c1-10(2)9-14-11(3)12-7-5-6-8-13(12)15-4/h5-8,10-11,14H,9H2,1-4H3/t11-/m0/s1. The zero-order chi connectivity index (χ0) is 11.3. The maximum absolute atomic E-state index is 5.33. The van der Waals surface area contributed by atoms with Gasteiger partial charge in [0.25, 0.3) is 0 Å². The molecule has 0 aliphatic rings. The Morgan fingerprint density at radius 2 is 1.87 bits per heavy atom. The van der Waals surface area contributed by atoms with Crippen molar-refractivity contribution in [2.75, 3.05) is 13.7 Å². The lowest BCUT2D eigenvalue weighted by molar-refractivity contribution is 0.398. The van der Waals surface area contributed by atoms with Gasteiger partial charge in [0.15, 0.2) is 0 Å². The van der Waals surface area contributed by atoms with E-state index < -0.39 is 0 Å². The van der Waals surface area contributed by atoms with E-state index in [4.69, 9.17) is 4.74 Å². The van der Waals surface area contributed by atoms with Crippen LogP contribution in [0.15, 0.2) is 24.3 Å². The molecule has 0 saturated heterocycles. The van der Waals surface area contributed by atoms with E-state index >= 15 is 0 Å². The van der Waals surface area contributed by atoms with Gasteiger partial charge in [0.2, 0.25) is 0 Å². The van der Waals surface area contributed by atoms with Crippen LogP contribution >= 0.6 is 0 Å². The van der Waals surface area contributed by atoms with Gasteiger partial charge in [0.1, 0.15) is 5.75 Å². The normalized spacial score (nSPS) is 12.9. The van der Waals surface area contributed by atoms with Gasteiger partial charge in [-0.1, -0.05) is 32.0 Å². The summed E-state index contributed by atoms with van der Waals surface area (Å²) in [6.45, 7) is 7.61. The fraction of sp³-hybridized carbons (Fsp3) is 0.538. The lowest BCUT2D eigenvalue weighted by atomic mass is 10.1. The van der Waals surface area contributed by atoms with E-state index in [1.807, 2.05) is 18.2 Å². The van der Waals surface area contributed by atoms with E-state index in [-0.39, 0.29) is 0 Å². The Morgan fingerprint density at radius 3 is 2.47 bits per heavy atom. The van der Waals surface area contributed by atoms with Crippen LogP contribution in [0.1, 0.15) is 32.4 Å². The van der Waals surface area contributed by atoms with Gasteiger partial charge in [0, 0.05) is 11.6 Å². The molecule has 0 aliphatic heterocycles. The third-order valence-corrected chi connectivity index (χ3v) is 2.44. The van der Waals surface area contributed by atoms with Crippen molar-refractivity contribution < 1.29 is 4.74 Å². The monoisotopic (exact) mass is 207 g/mol. The molecule has 0 bridgehead atoms. The van der Waals surface area contributed by atoms with Crippen molar-refractivity contribution in [3.05, 3.63) is 29.8 Å². The summed E-state index contributed by atoms with van der Waals surface area (Å²) in [5.41, 5.74) is 1.22. The zero-order valence-electron chi connectivity index (χ0n) is 10.1. The third kappa shape index (κ3) is 3.56. The average molecular weight is 207 g/mol. The molecule has 0 unspecified atom stereocenters. The lowest BCUT2D eigenvalue weighted by Crippen LogP contribution is -2.23. The number of nitrogens with one attached hydrogen (secondary N) is 1. The van der Waals surface area contributed by atoms with Crippen LogP contribution in [0.5, 0.6) is 5.75 Å². The summed E-state index contributed by atoms with van der Waals surface area (Å²) < 4.78 is 5.33. The highest BCUT2D eigenvalue weighted by Crippen LogP contribution is 2.24. The predicted molar refractivity (Wildman–Crippen MR) is 64.2 cm³/mol. The summed E-state index contributed by atoms with van der Waals surface area (Å²) >= 11 is 0. The Kier molecular flexibility index (Phi) is 4.63. The van der Waals surface area contributed by atoms with Gasteiger partial charge < -0.3 is 10.1 Å². The van der Waals surface area contributed by atoms with Gasteiger partial charge in [-0.2, -0.15) is 0 Å². The molecule has 2 heteroatoms. The van der Waals surface area contributed by atoms with Crippen LogP contribution in [0.25, 0.3) is 0 Å². The smallest absolute Gasteiger partial charge is 0.123 e. The fourth-order valence-electron chi connectivity index (χ4n) is 1.55. The molecule has 0 saturated carbocycles. The second kappa shape index (κ2) is 5.76. The molecule has 15 heavy (non-hydrogen) atoms. The van der Waals surface area contributed by atoms with Crippen molar-refractivity contribution >= 4 is 0 Å². The first-order valence-corrected chi connectivity index (χ1v) is 5.51. The Bertz CT molecular complexity index is 296. The van der Waals surface area contributed by atoms with Gasteiger partial charge in [-0.3, -0.25) is 0 Å². The largest absolute Gasteiger partial charge is 0.496 e. The number of para-hydroxylation sites is 1. The van der Waals surface area contributed by atoms with Crippen molar-refractivity contribution in [1.29, 1.82) is 0 Å². The maximum atomic E-state index is 5.33. The first-order chi connectivity index (χ1) is 7.15. The molecule has 0 aliphatic carbocycles. The molecule has 0 heterocycles. The molecular weight excluding hydrogens is 186 g/mol. The highest BCUT2D eigenvalue weighted by Gasteiger charge is 2.09.